The molecule has 6 nitrogen and oxygen atoms in total. The van der Waals surface area contributed by atoms with Crippen molar-refractivity contribution in [3.63, 3.8) is 0 Å². The molecule has 2 heterocycles. The van der Waals surface area contributed by atoms with Crippen molar-refractivity contribution in [2.24, 2.45) is 0 Å². The molecule has 34 heavy (non-hydrogen) atoms. The predicted molar refractivity (Wildman–Crippen MR) is 131 cm³/mol. The van der Waals surface area contributed by atoms with Crippen LogP contribution in [0.25, 0.3) is 0 Å². The summed E-state index contributed by atoms with van der Waals surface area (Å²) in [6.07, 6.45) is 1.16. The Morgan fingerprint density at radius 3 is 2.62 bits per heavy atom. The zero-order valence-electron chi connectivity index (χ0n) is 19.0. The lowest BCUT2D eigenvalue weighted by Crippen LogP contribution is -2.27. The lowest BCUT2D eigenvalue weighted by Gasteiger charge is -2.30. The fourth-order valence-electron chi connectivity index (χ4n) is 5.13. The number of para-hydroxylation sites is 3. The zero-order chi connectivity index (χ0) is 23.1. The molecule has 2 N–H and O–H groups in total. The topological polar surface area (TPSA) is 68.8 Å². The van der Waals surface area contributed by atoms with Gasteiger partial charge in [0.25, 0.3) is 0 Å². The summed E-state index contributed by atoms with van der Waals surface area (Å²) in [6.45, 7) is 2.77. The Bertz CT molecular complexity index is 1300. The fraction of sp³-hybridized carbons (Fsp3) is 0.250. The Hall–Kier alpha value is -3.93. The SMILES string of the molecule is CCOc1ccccc1[C@@H]1Nc2ccccc2NC2=C1C(=O)C[C@H](c1ccc3c(c1)OCO3)C2. The third kappa shape index (κ3) is 3.55. The van der Waals surface area contributed by atoms with Gasteiger partial charge in [0.05, 0.1) is 24.0 Å². The molecule has 0 bridgehead atoms. The van der Waals surface area contributed by atoms with E-state index in [4.69, 9.17) is 14.2 Å². The van der Waals surface area contributed by atoms with Crippen molar-refractivity contribution in [2.75, 3.05) is 24.0 Å². The Kier molecular flexibility index (Phi) is 5.13. The number of carbonyl (C=O) groups excluding carboxylic acids is 1. The van der Waals surface area contributed by atoms with Gasteiger partial charge in [-0.25, -0.2) is 0 Å². The molecule has 3 aromatic rings. The molecule has 0 aromatic heterocycles. The number of fused-ring (bicyclic) bond motifs is 2. The molecule has 0 saturated carbocycles. The number of ether oxygens (including phenoxy) is 3. The first-order chi connectivity index (χ1) is 16.7. The van der Waals surface area contributed by atoms with Crippen molar-refractivity contribution < 1.29 is 19.0 Å². The summed E-state index contributed by atoms with van der Waals surface area (Å²) in [6, 6.07) is 21.7. The molecule has 0 radical (unpaired) electrons. The van der Waals surface area contributed by atoms with Crippen LogP contribution in [0.5, 0.6) is 17.2 Å². The number of carbonyl (C=O) groups is 1. The standard InChI is InChI=1S/C28H26N2O4/c1-2-32-24-10-6-3-7-19(24)28-27-22(29-20-8-4-5-9-21(20)30-28)13-18(14-23(27)31)17-11-12-25-26(15-17)34-16-33-25/h3-12,15,18,28-30H,2,13-14,16H2,1H3/t18-,28+/m1/s1. The van der Waals surface area contributed by atoms with Crippen LogP contribution < -0.4 is 24.8 Å². The maximum Gasteiger partial charge on any atom is 0.231 e. The second-order valence-electron chi connectivity index (χ2n) is 8.75. The molecule has 1 aliphatic carbocycles. The summed E-state index contributed by atoms with van der Waals surface area (Å²) in [5.41, 5.74) is 5.70. The third-order valence-corrected chi connectivity index (χ3v) is 6.71. The van der Waals surface area contributed by atoms with Crippen LogP contribution in [0.4, 0.5) is 11.4 Å². The van der Waals surface area contributed by atoms with Crippen LogP contribution in [-0.2, 0) is 4.79 Å². The molecular formula is C28H26N2O4. The van der Waals surface area contributed by atoms with Crippen LogP contribution in [0.1, 0.15) is 42.9 Å². The largest absolute Gasteiger partial charge is 0.494 e. The number of nitrogens with one attached hydrogen (secondary N) is 2. The molecule has 2 aliphatic heterocycles. The van der Waals surface area contributed by atoms with Gasteiger partial charge in [-0.1, -0.05) is 36.4 Å². The average molecular weight is 455 g/mol. The van der Waals surface area contributed by atoms with E-state index in [-0.39, 0.29) is 24.5 Å². The third-order valence-electron chi connectivity index (χ3n) is 6.71. The van der Waals surface area contributed by atoms with E-state index in [2.05, 4.69) is 10.6 Å². The summed E-state index contributed by atoms with van der Waals surface area (Å²) in [4.78, 5) is 13.8. The lowest BCUT2D eigenvalue weighted by molar-refractivity contribution is -0.116. The molecule has 0 spiro atoms. The van der Waals surface area contributed by atoms with Crippen molar-refractivity contribution >= 4 is 17.2 Å². The number of anilines is 2. The van der Waals surface area contributed by atoms with E-state index >= 15 is 0 Å². The molecule has 0 fully saturated rings. The first-order valence-electron chi connectivity index (χ1n) is 11.7. The van der Waals surface area contributed by atoms with Gasteiger partial charge in [0, 0.05) is 23.3 Å². The monoisotopic (exact) mass is 454 g/mol. The van der Waals surface area contributed by atoms with Crippen LogP contribution in [0.3, 0.4) is 0 Å². The van der Waals surface area contributed by atoms with Crippen molar-refractivity contribution in [3.05, 3.63) is 89.1 Å². The molecule has 0 amide bonds. The number of benzene rings is 3. The first-order valence-corrected chi connectivity index (χ1v) is 11.7. The summed E-state index contributed by atoms with van der Waals surface area (Å²) < 4.78 is 17.0. The van der Waals surface area contributed by atoms with E-state index < -0.39 is 0 Å². The van der Waals surface area contributed by atoms with Gasteiger partial charge in [-0.05, 0) is 55.2 Å². The van der Waals surface area contributed by atoms with E-state index in [1.807, 2.05) is 73.7 Å². The predicted octanol–water partition coefficient (Wildman–Crippen LogP) is 5.79. The maximum atomic E-state index is 13.8. The van der Waals surface area contributed by atoms with Gasteiger partial charge in [0.2, 0.25) is 6.79 Å². The second-order valence-corrected chi connectivity index (χ2v) is 8.75. The van der Waals surface area contributed by atoms with Crippen molar-refractivity contribution in [2.45, 2.75) is 31.7 Å². The fourth-order valence-corrected chi connectivity index (χ4v) is 5.13. The van der Waals surface area contributed by atoms with E-state index in [9.17, 15) is 4.79 Å². The van der Waals surface area contributed by atoms with Gasteiger partial charge < -0.3 is 24.8 Å². The number of Topliss-reactive ketones (excluding diaryl/α,β-unsaturated/α-hetero) is 1. The number of allylic oxidation sites excluding steroid dienone is 1. The van der Waals surface area contributed by atoms with Gasteiger partial charge in [-0.15, -0.1) is 0 Å². The van der Waals surface area contributed by atoms with Crippen LogP contribution in [0.2, 0.25) is 0 Å². The van der Waals surface area contributed by atoms with Gasteiger partial charge >= 0.3 is 0 Å². The van der Waals surface area contributed by atoms with Crippen molar-refractivity contribution in [1.82, 2.24) is 0 Å². The zero-order valence-corrected chi connectivity index (χ0v) is 19.0. The van der Waals surface area contributed by atoms with E-state index in [1.54, 1.807) is 0 Å². The Morgan fingerprint density at radius 1 is 0.941 bits per heavy atom. The lowest BCUT2D eigenvalue weighted by atomic mass is 9.78. The molecule has 2 atom stereocenters. The highest BCUT2D eigenvalue weighted by molar-refractivity contribution is 6.01. The second kappa shape index (κ2) is 8.45. The Balaban J connectivity index is 1.44. The highest BCUT2D eigenvalue weighted by Crippen LogP contribution is 2.46. The number of hydrogen-bond donors (Lipinski definition) is 2. The van der Waals surface area contributed by atoms with Gasteiger partial charge in [0.1, 0.15) is 5.75 Å². The molecule has 0 saturated heterocycles. The normalized spacial score (nSPS) is 20.6. The quantitative estimate of drug-likeness (QED) is 0.520. The number of rotatable bonds is 4. The number of ketones is 1. The van der Waals surface area contributed by atoms with Crippen LogP contribution >= 0.6 is 0 Å². The van der Waals surface area contributed by atoms with Gasteiger partial charge in [0.15, 0.2) is 17.3 Å². The Morgan fingerprint density at radius 2 is 1.74 bits per heavy atom. The van der Waals surface area contributed by atoms with Crippen LogP contribution in [-0.4, -0.2) is 19.2 Å². The summed E-state index contributed by atoms with van der Waals surface area (Å²) in [7, 11) is 0. The minimum Gasteiger partial charge on any atom is -0.494 e. The molecule has 3 aromatic carbocycles. The first kappa shape index (κ1) is 20.7. The molecule has 6 heteroatoms. The van der Waals surface area contributed by atoms with Gasteiger partial charge in [-0.3, -0.25) is 4.79 Å². The van der Waals surface area contributed by atoms with Crippen molar-refractivity contribution in [3.8, 4) is 17.2 Å². The molecule has 172 valence electrons. The van der Waals surface area contributed by atoms with Gasteiger partial charge in [-0.2, -0.15) is 0 Å². The van der Waals surface area contributed by atoms with Crippen LogP contribution in [0.15, 0.2) is 78.0 Å². The number of hydrogen-bond acceptors (Lipinski definition) is 6. The molecule has 0 unspecified atom stereocenters. The minimum atomic E-state index is -0.306. The summed E-state index contributed by atoms with van der Waals surface area (Å²) >= 11 is 0. The molecule has 3 aliphatic rings. The highest BCUT2D eigenvalue weighted by Gasteiger charge is 2.37. The van der Waals surface area contributed by atoms with E-state index in [1.165, 1.54) is 0 Å². The summed E-state index contributed by atoms with van der Waals surface area (Å²) in [5, 5.41) is 7.23. The Labute approximate surface area is 198 Å². The maximum absolute atomic E-state index is 13.8. The smallest absolute Gasteiger partial charge is 0.231 e. The van der Waals surface area contributed by atoms with E-state index in [0.717, 1.165) is 57.4 Å². The average Bonchev–Trinajstić information content (AvgIpc) is 3.25. The van der Waals surface area contributed by atoms with Crippen molar-refractivity contribution in [1.29, 1.82) is 0 Å². The molecular weight excluding hydrogens is 428 g/mol. The minimum absolute atomic E-state index is 0.0568. The molecule has 6 rings (SSSR count). The summed E-state index contributed by atoms with van der Waals surface area (Å²) in [5.74, 6) is 2.48. The van der Waals surface area contributed by atoms with Crippen LogP contribution in [0, 0.1) is 0 Å². The van der Waals surface area contributed by atoms with E-state index in [0.29, 0.717) is 13.0 Å². The highest BCUT2D eigenvalue weighted by atomic mass is 16.7.